The summed E-state index contributed by atoms with van der Waals surface area (Å²) >= 11 is 0. The van der Waals surface area contributed by atoms with Gasteiger partial charge in [-0.2, -0.15) is 4.31 Å². The molecule has 3 rings (SSSR count). The summed E-state index contributed by atoms with van der Waals surface area (Å²) in [6.45, 7) is 7.47. The second-order valence-corrected chi connectivity index (χ2v) is 9.16. The molecule has 7 heteroatoms. The summed E-state index contributed by atoms with van der Waals surface area (Å²) in [6, 6.07) is 12.3. The van der Waals surface area contributed by atoms with Gasteiger partial charge in [-0.3, -0.25) is 4.79 Å². The van der Waals surface area contributed by atoms with Crippen LogP contribution < -0.4 is 5.32 Å². The highest BCUT2D eigenvalue weighted by molar-refractivity contribution is 7.89. The van der Waals surface area contributed by atoms with Crippen LogP contribution in [0.15, 0.2) is 47.4 Å². The van der Waals surface area contributed by atoms with Crippen molar-refractivity contribution in [2.45, 2.75) is 31.6 Å². The number of morpholine rings is 1. The molecule has 0 bridgehead atoms. The van der Waals surface area contributed by atoms with E-state index in [1.165, 1.54) is 10.4 Å². The summed E-state index contributed by atoms with van der Waals surface area (Å²) in [4.78, 5) is 12.8. The predicted molar refractivity (Wildman–Crippen MR) is 109 cm³/mol. The molecule has 1 amide bonds. The summed E-state index contributed by atoms with van der Waals surface area (Å²) in [6.07, 6.45) is 0. The van der Waals surface area contributed by atoms with Crippen LogP contribution in [0.2, 0.25) is 0 Å². The maximum Gasteiger partial charge on any atom is 0.255 e. The Morgan fingerprint density at radius 1 is 1.07 bits per heavy atom. The molecule has 150 valence electrons. The SMILES string of the molecule is Cc1ccc(S(=O)(=O)N2CCOCC2)cc1NC(=O)c1ccc(C(C)C)cc1. The van der Waals surface area contributed by atoms with Gasteiger partial charge in [-0.05, 0) is 48.2 Å². The minimum Gasteiger partial charge on any atom is -0.379 e. The molecule has 1 fully saturated rings. The predicted octanol–water partition coefficient (Wildman–Crippen LogP) is 3.39. The van der Waals surface area contributed by atoms with E-state index in [0.717, 1.165) is 11.1 Å². The van der Waals surface area contributed by atoms with Crippen LogP contribution in [-0.2, 0) is 14.8 Å². The maximum atomic E-state index is 12.9. The Morgan fingerprint density at radius 2 is 1.71 bits per heavy atom. The van der Waals surface area contributed by atoms with E-state index in [4.69, 9.17) is 4.74 Å². The van der Waals surface area contributed by atoms with Crippen LogP contribution in [-0.4, -0.2) is 44.9 Å². The van der Waals surface area contributed by atoms with E-state index < -0.39 is 10.0 Å². The fraction of sp³-hybridized carbons (Fsp3) is 0.381. The first-order valence-corrected chi connectivity index (χ1v) is 10.8. The van der Waals surface area contributed by atoms with E-state index in [2.05, 4.69) is 19.2 Å². The smallest absolute Gasteiger partial charge is 0.255 e. The number of aryl methyl sites for hydroxylation is 1. The van der Waals surface area contributed by atoms with Crippen LogP contribution in [0, 0.1) is 6.92 Å². The van der Waals surface area contributed by atoms with Gasteiger partial charge < -0.3 is 10.1 Å². The van der Waals surface area contributed by atoms with Gasteiger partial charge in [0, 0.05) is 24.3 Å². The number of carbonyl (C=O) groups is 1. The highest BCUT2D eigenvalue weighted by Gasteiger charge is 2.27. The molecule has 0 aromatic heterocycles. The molecule has 1 heterocycles. The second kappa shape index (κ2) is 8.43. The average molecular weight is 403 g/mol. The zero-order chi connectivity index (χ0) is 20.3. The molecule has 1 aliphatic heterocycles. The maximum absolute atomic E-state index is 12.9. The number of nitrogens with one attached hydrogen (secondary N) is 1. The number of nitrogens with zero attached hydrogens (tertiary/aromatic N) is 1. The van der Waals surface area contributed by atoms with Crippen molar-refractivity contribution in [1.29, 1.82) is 0 Å². The molecule has 1 aliphatic rings. The molecule has 2 aromatic carbocycles. The molecule has 0 saturated carbocycles. The third kappa shape index (κ3) is 4.43. The van der Waals surface area contributed by atoms with Gasteiger partial charge in [0.25, 0.3) is 5.91 Å². The van der Waals surface area contributed by atoms with Gasteiger partial charge in [0.05, 0.1) is 18.1 Å². The fourth-order valence-corrected chi connectivity index (χ4v) is 4.48. The van der Waals surface area contributed by atoms with Gasteiger partial charge >= 0.3 is 0 Å². The van der Waals surface area contributed by atoms with Crippen molar-refractivity contribution in [3.63, 3.8) is 0 Å². The highest BCUT2D eigenvalue weighted by Crippen LogP contribution is 2.24. The zero-order valence-electron chi connectivity index (χ0n) is 16.4. The monoisotopic (exact) mass is 402 g/mol. The molecule has 0 aliphatic carbocycles. The Labute approximate surface area is 166 Å². The number of sulfonamides is 1. The van der Waals surface area contributed by atoms with Crippen molar-refractivity contribution in [1.82, 2.24) is 4.31 Å². The number of benzene rings is 2. The first-order chi connectivity index (χ1) is 13.3. The normalized spacial score (nSPS) is 15.6. The fourth-order valence-electron chi connectivity index (χ4n) is 3.05. The number of ether oxygens (including phenoxy) is 1. The van der Waals surface area contributed by atoms with Crippen LogP contribution in [0.25, 0.3) is 0 Å². The van der Waals surface area contributed by atoms with Crippen molar-refractivity contribution in [2.75, 3.05) is 31.6 Å². The van der Waals surface area contributed by atoms with Gasteiger partial charge in [-0.25, -0.2) is 8.42 Å². The molecule has 0 radical (unpaired) electrons. The van der Waals surface area contributed by atoms with Crippen molar-refractivity contribution in [3.05, 3.63) is 59.2 Å². The number of carbonyl (C=O) groups excluding carboxylic acids is 1. The topological polar surface area (TPSA) is 75.7 Å². The van der Waals surface area contributed by atoms with Crippen molar-refractivity contribution in [2.24, 2.45) is 0 Å². The van der Waals surface area contributed by atoms with E-state index in [9.17, 15) is 13.2 Å². The summed E-state index contributed by atoms with van der Waals surface area (Å²) < 4.78 is 32.4. The molecule has 1 N–H and O–H groups in total. The Morgan fingerprint density at radius 3 is 2.32 bits per heavy atom. The first-order valence-electron chi connectivity index (χ1n) is 9.39. The number of rotatable bonds is 5. The molecular formula is C21H26N2O4S. The highest BCUT2D eigenvalue weighted by atomic mass is 32.2. The summed E-state index contributed by atoms with van der Waals surface area (Å²) in [5.41, 5.74) is 2.98. The Kier molecular flexibility index (Phi) is 6.17. The third-order valence-electron chi connectivity index (χ3n) is 4.90. The van der Waals surface area contributed by atoms with Crippen LogP contribution in [0.3, 0.4) is 0 Å². The molecule has 0 atom stereocenters. The molecule has 2 aromatic rings. The van der Waals surface area contributed by atoms with Crippen molar-refractivity contribution >= 4 is 21.6 Å². The lowest BCUT2D eigenvalue weighted by molar-refractivity contribution is 0.0730. The zero-order valence-corrected chi connectivity index (χ0v) is 17.3. The Hall–Kier alpha value is -2.22. The van der Waals surface area contributed by atoms with Crippen LogP contribution in [0.4, 0.5) is 5.69 Å². The van der Waals surface area contributed by atoms with E-state index in [0.29, 0.717) is 43.5 Å². The lowest BCUT2D eigenvalue weighted by Gasteiger charge is -2.26. The van der Waals surface area contributed by atoms with Crippen molar-refractivity contribution < 1.29 is 17.9 Å². The number of amides is 1. The molecule has 0 spiro atoms. The van der Waals surface area contributed by atoms with Gasteiger partial charge in [0.2, 0.25) is 10.0 Å². The lowest BCUT2D eigenvalue weighted by atomic mass is 10.0. The van der Waals surface area contributed by atoms with E-state index in [1.54, 1.807) is 24.3 Å². The lowest BCUT2D eigenvalue weighted by Crippen LogP contribution is -2.40. The number of hydrogen-bond donors (Lipinski definition) is 1. The average Bonchev–Trinajstić information content (AvgIpc) is 2.70. The van der Waals surface area contributed by atoms with E-state index in [1.807, 2.05) is 19.1 Å². The second-order valence-electron chi connectivity index (χ2n) is 7.22. The molecule has 28 heavy (non-hydrogen) atoms. The largest absolute Gasteiger partial charge is 0.379 e. The van der Waals surface area contributed by atoms with Gasteiger partial charge in [-0.15, -0.1) is 0 Å². The minimum absolute atomic E-state index is 0.172. The van der Waals surface area contributed by atoms with Crippen LogP contribution in [0.5, 0.6) is 0 Å². The third-order valence-corrected chi connectivity index (χ3v) is 6.80. The van der Waals surface area contributed by atoms with Gasteiger partial charge in [-0.1, -0.05) is 32.0 Å². The van der Waals surface area contributed by atoms with Crippen molar-refractivity contribution in [3.8, 4) is 0 Å². The molecular weight excluding hydrogens is 376 g/mol. The molecule has 1 saturated heterocycles. The van der Waals surface area contributed by atoms with Gasteiger partial charge in [0.1, 0.15) is 0 Å². The molecule has 0 unspecified atom stereocenters. The Bertz CT molecular complexity index is 947. The van der Waals surface area contributed by atoms with Crippen LogP contribution in [0.1, 0.15) is 41.3 Å². The number of hydrogen-bond acceptors (Lipinski definition) is 4. The first kappa shape index (κ1) is 20.5. The van der Waals surface area contributed by atoms with Crippen LogP contribution >= 0.6 is 0 Å². The number of anilines is 1. The van der Waals surface area contributed by atoms with E-state index >= 15 is 0 Å². The summed E-state index contributed by atoms with van der Waals surface area (Å²) in [5.74, 6) is 0.126. The summed E-state index contributed by atoms with van der Waals surface area (Å²) in [5, 5.41) is 2.84. The molecule has 6 nitrogen and oxygen atoms in total. The Balaban J connectivity index is 1.82. The standard InChI is InChI=1S/C21H26N2O4S/c1-15(2)17-5-7-18(8-6-17)21(24)22-20-14-19(9-4-16(20)3)28(25,26)23-10-12-27-13-11-23/h4-9,14-15H,10-13H2,1-3H3,(H,22,24). The minimum atomic E-state index is -3.61. The van der Waals surface area contributed by atoms with Gasteiger partial charge in [0.15, 0.2) is 0 Å². The summed E-state index contributed by atoms with van der Waals surface area (Å²) in [7, 11) is -3.61. The van der Waals surface area contributed by atoms with E-state index in [-0.39, 0.29) is 10.8 Å². The quantitative estimate of drug-likeness (QED) is 0.832.